The minimum absolute atomic E-state index is 0.0156. The van der Waals surface area contributed by atoms with Gasteiger partial charge in [0.25, 0.3) is 11.7 Å². The molecule has 0 spiro atoms. The summed E-state index contributed by atoms with van der Waals surface area (Å²) in [6.45, 7) is 1.75. The van der Waals surface area contributed by atoms with Crippen LogP contribution in [0.2, 0.25) is 0 Å². The fourth-order valence-corrected chi connectivity index (χ4v) is 0.648. The first kappa shape index (κ1) is 7.59. The molecule has 1 rings (SSSR count). The smallest absolute Gasteiger partial charge is 0.263 e. The van der Waals surface area contributed by atoms with Crippen molar-refractivity contribution in [2.75, 3.05) is 7.11 Å². The van der Waals surface area contributed by atoms with E-state index in [-0.39, 0.29) is 11.7 Å². The standard InChI is InChI=1S/C6H7N3O2/c1-4-3-7-5(9-10)6(8-4)11-2/h3H,1-2H3. The van der Waals surface area contributed by atoms with Gasteiger partial charge in [0.1, 0.15) is 0 Å². The van der Waals surface area contributed by atoms with E-state index in [9.17, 15) is 4.91 Å². The van der Waals surface area contributed by atoms with Crippen LogP contribution < -0.4 is 4.74 Å². The Kier molecular flexibility index (Phi) is 2.10. The van der Waals surface area contributed by atoms with Gasteiger partial charge in [-0.05, 0) is 12.1 Å². The van der Waals surface area contributed by atoms with Crippen LogP contribution in [-0.4, -0.2) is 17.1 Å². The molecule has 0 aliphatic heterocycles. The molecule has 5 heteroatoms. The van der Waals surface area contributed by atoms with E-state index >= 15 is 0 Å². The molecule has 0 amide bonds. The summed E-state index contributed by atoms with van der Waals surface area (Å²) in [4.78, 5) is 17.6. The second kappa shape index (κ2) is 3.05. The normalized spacial score (nSPS) is 9.27. The maximum atomic E-state index is 10.1. The average Bonchev–Trinajstić information content (AvgIpc) is 2.04. The van der Waals surface area contributed by atoms with Gasteiger partial charge in [-0.25, -0.2) is 9.97 Å². The molecule has 1 aromatic heterocycles. The Balaban J connectivity index is 3.16. The predicted octanol–water partition coefficient (Wildman–Crippen LogP) is 1.19. The SMILES string of the molecule is COc1nc(C)cnc1N=O. The molecule has 0 saturated carbocycles. The number of methoxy groups -OCH3 is 1. The Hall–Kier alpha value is -1.52. The Morgan fingerprint density at radius 2 is 2.36 bits per heavy atom. The van der Waals surface area contributed by atoms with Crippen LogP contribution in [0.4, 0.5) is 5.82 Å². The summed E-state index contributed by atoms with van der Waals surface area (Å²) in [6, 6.07) is 0. The molecule has 0 atom stereocenters. The van der Waals surface area contributed by atoms with Crippen molar-refractivity contribution in [3.63, 3.8) is 0 Å². The fraction of sp³-hybridized carbons (Fsp3) is 0.333. The molecule has 1 aromatic rings. The third kappa shape index (κ3) is 1.49. The molecule has 58 valence electrons. The van der Waals surface area contributed by atoms with Crippen molar-refractivity contribution in [1.29, 1.82) is 0 Å². The van der Waals surface area contributed by atoms with E-state index in [0.717, 1.165) is 0 Å². The summed E-state index contributed by atoms with van der Waals surface area (Å²) in [7, 11) is 1.41. The first-order valence-corrected chi connectivity index (χ1v) is 2.99. The molecule has 5 nitrogen and oxygen atoms in total. The van der Waals surface area contributed by atoms with Crippen LogP contribution in [-0.2, 0) is 0 Å². The molecule has 11 heavy (non-hydrogen) atoms. The number of nitrogens with zero attached hydrogens (tertiary/aromatic N) is 3. The van der Waals surface area contributed by atoms with Crippen LogP contribution >= 0.6 is 0 Å². The van der Waals surface area contributed by atoms with Crippen molar-refractivity contribution in [3.05, 3.63) is 16.8 Å². The third-order valence-electron chi connectivity index (χ3n) is 1.12. The maximum Gasteiger partial charge on any atom is 0.263 e. The van der Waals surface area contributed by atoms with E-state index in [2.05, 4.69) is 15.1 Å². The molecule has 0 aromatic carbocycles. The van der Waals surface area contributed by atoms with E-state index < -0.39 is 0 Å². The summed E-state index contributed by atoms with van der Waals surface area (Å²) in [5.41, 5.74) is 0.689. The monoisotopic (exact) mass is 153 g/mol. The van der Waals surface area contributed by atoms with Gasteiger partial charge in [-0.3, -0.25) is 0 Å². The van der Waals surface area contributed by atoms with Crippen LogP contribution in [0, 0.1) is 11.8 Å². The maximum absolute atomic E-state index is 10.1. The van der Waals surface area contributed by atoms with Crippen molar-refractivity contribution in [3.8, 4) is 5.88 Å². The number of hydrogen-bond acceptors (Lipinski definition) is 5. The molecule has 0 N–H and O–H groups in total. The molecule has 0 unspecified atom stereocenters. The van der Waals surface area contributed by atoms with Gasteiger partial charge in [-0.2, -0.15) is 0 Å². The van der Waals surface area contributed by atoms with E-state index in [1.807, 2.05) is 0 Å². The van der Waals surface area contributed by atoms with Crippen LogP contribution in [0.15, 0.2) is 11.4 Å². The van der Waals surface area contributed by atoms with Crippen LogP contribution in [0.25, 0.3) is 0 Å². The highest BCUT2D eigenvalue weighted by Crippen LogP contribution is 2.20. The van der Waals surface area contributed by atoms with Crippen LogP contribution in [0.1, 0.15) is 5.69 Å². The molecular formula is C6H7N3O2. The van der Waals surface area contributed by atoms with Gasteiger partial charge in [-0.1, -0.05) is 0 Å². The van der Waals surface area contributed by atoms with Gasteiger partial charge < -0.3 is 4.74 Å². The third-order valence-corrected chi connectivity index (χ3v) is 1.12. The summed E-state index contributed by atoms with van der Waals surface area (Å²) in [5.74, 6) is 0.151. The molecular weight excluding hydrogens is 146 g/mol. The average molecular weight is 153 g/mol. The van der Waals surface area contributed by atoms with Gasteiger partial charge >= 0.3 is 0 Å². The van der Waals surface area contributed by atoms with E-state index in [0.29, 0.717) is 5.69 Å². The van der Waals surface area contributed by atoms with E-state index in [4.69, 9.17) is 4.74 Å². The number of nitroso groups, excluding NO2 is 1. The Morgan fingerprint density at radius 1 is 1.64 bits per heavy atom. The molecule has 0 saturated heterocycles. The van der Waals surface area contributed by atoms with E-state index in [1.54, 1.807) is 6.92 Å². The lowest BCUT2D eigenvalue weighted by atomic mass is 10.5. The highest BCUT2D eigenvalue weighted by Gasteiger charge is 2.05. The number of aromatic nitrogens is 2. The second-order valence-corrected chi connectivity index (χ2v) is 1.94. The van der Waals surface area contributed by atoms with Crippen LogP contribution in [0.5, 0.6) is 5.88 Å². The van der Waals surface area contributed by atoms with E-state index in [1.165, 1.54) is 13.3 Å². The Bertz CT molecular complexity index is 275. The van der Waals surface area contributed by atoms with Crippen molar-refractivity contribution in [2.45, 2.75) is 6.92 Å². The van der Waals surface area contributed by atoms with Crippen LogP contribution in [0.3, 0.4) is 0 Å². The highest BCUT2D eigenvalue weighted by atomic mass is 16.5. The van der Waals surface area contributed by atoms with Crippen molar-refractivity contribution >= 4 is 5.82 Å². The van der Waals surface area contributed by atoms with Gasteiger partial charge in [0.2, 0.25) is 0 Å². The molecule has 0 radical (unpaired) electrons. The minimum Gasteiger partial charge on any atom is -0.478 e. The van der Waals surface area contributed by atoms with Gasteiger partial charge in [-0.15, -0.1) is 4.91 Å². The number of hydrogen-bond donors (Lipinski definition) is 0. The van der Waals surface area contributed by atoms with Crippen molar-refractivity contribution < 1.29 is 4.74 Å². The molecule has 1 heterocycles. The lowest BCUT2D eigenvalue weighted by molar-refractivity contribution is 0.396. The number of ether oxygens (including phenoxy) is 1. The first-order chi connectivity index (χ1) is 5.27. The van der Waals surface area contributed by atoms with Gasteiger partial charge in [0.15, 0.2) is 0 Å². The lowest BCUT2D eigenvalue weighted by Gasteiger charge is -1.99. The lowest BCUT2D eigenvalue weighted by Crippen LogP contribution is -1.91. The Morgan fingerprint density at radius 3 is 2.91 bits per heavy atom. The molecule has 0 fully saturated rings. The summed E-state index contributed by atoms with van der Waals surface area (Å²) >= 11 is 0. The van der Waals surface area contributed by atoms with Crippen molar-refractivity contribution in [1.82, 2.24) is 9.97 Å². The van der Waals surface area contributed by atoms with Crippen molar-refractivity contribution in [2.24, 2.45) is 5.18 Å². The summed E-state index contributed by atoms with van der Waals surface area (Å²) < 4.78 is 4.75. The molecule has 0 aliphatic rings. The quantitative estimate of drug-likeness (QED) is 0.598. The predicted molar refractivity (Wildman–Crippen MR) is 38.8 cm³/mol. The summed E-state index contributed by atoms with van der Waals surface area (Å²) in [6.07, 6.45) is 1.46. The highest BCUT2D eigenvalue weighted by molar-refractivity contribution is 5.38. The second-order valence-electron chi connectivity index (χ2n) is 1.94. The Labute approximate surface area is 63.4 Å². The minimum atomic E-state index is -0.0156. The largest absolute Gasteiger partial charge is 0.478 e. The summed E-state index contributed by atoms with van der Waals surface area (Å²) in [5, 5.41) is 2.63. The molecule has 0 bridgehead atoms. The zero-order valence-corrected chi connectivity index (χ0v) is 6.24. The van der Waals surface area contributed by atoms with Gasteiger partial charge in [0.05, 0.1) is 19.0 Å². The topological polar surface area (TPSA) is 64.4 Å². The van der Waals surface area contributed by atoms with Gasteiger partial charge in [0, 0.05) is 0 Å². The number of aryl methyl sites for hydroxylation is 1. The molecule has 0 aliphatic carbocycles. The number of rotatable bonds is 2. The zero-order valence-electron chi connectivity index (χ0n) is 6.24. The fourth-order valence-electron chi connectivity index (χ4n) is 0.648. The first-order valence-electron chi connectivity index (χ1n) is 2.99. The zero-order chi connectivity index (χ0) is 8.27.